The highest BCUT2D eigenvalue weighted by Gasteiger charge is 2.03. The van der Waals surface area contributed by atoms with E-state index in [1.807, 2.05) is 35.1 Å². The molecular weight excluding hydrogens is 278 g/mol. The van der Waals surface area contributed by atoms with Crippen LogP contribution in [0.5, 0.6) is 0 Å². The summed E-state index contributed by atoms with van der Waals surface area (Å²) < 4.78 is 3.42. The summed E-state index contributed by atoms with van der Waals surface area (Å²) in [5, 5.41) is 19.9. The second-order valence-electron chi connectivity index (χ2n) is 4.36. The third-order valence-electron chi connectivity index (χ3n) is 2.84. The van der Waals surface area contributed by atoms with Crippen molar-refractivity contribution in [3.05, 3.63) is 53.1 Å². The molecular formula is C12H12ClN7. The predicted molar refractivity (Wildman–Crippen MR) is 72.1 cm³/mol. The molecule has 102 valence electrons. The SMILES string of the molecule is Clc1ccc(CCn2cc(Cn3cnnn3)nn2)cc1. The second kappa shape index (κ2) is 5.79. The average molecular weight is 290 g/mol. The normalized spacial score (nSPS) is 10.8. The number of benzene rings is 1. The van der Waals surface area contributed by atoms with Crippen molar-refractivity contribution < 1.29 is 0 Å². The van der Waals surface area contributed by atoms with Gasteiger partial charge in [-0.2, -0.15) is 0 Å². The van der Waals surface area contributed by atoms with Gasteiger partial charge < -0.3 is 0 Å². The van der Waals surface area contributed by atoms with Crippen LogP contribution in [-0.4, -0.2) is 35.2 Å². The van der Waals surface area contributed by atoms with Gasteiger partial charge in [0.05, 0.1) is 12.7 Å². The van der Waals surface area contributed by atoms with Crippen LogP contribution < -0.4 is 0 Å². The summed E-state index contributed by atoms with van der Waals surface area (Å²) in [4.78, 5) is 0. The Hall–Kier alpha value is -2.28. The number of tetrazole rings is 1. The minimum Gasteiger partial charge on any atom is -0.252 e. The van der Waals surface area contributed by atoms with Crippen molar-refractivity contribution in [3.8, 4) is 0 Å². The molecule has 0 saturated heterocycles. The molecule has 0 amide bonds. The largest absolute Gasteiger partial charge is 0.252 e. The lowest BCUT2D eigenvalue weighted by Crippen LogP contribution is -2.02. The molecule has 0 saturated carbocycles. The minimum atomic E-state index is 0.522. The van der Waals surface area contributed by atoms with Crippen LogP contribution >= 0.6 is 11.6 Å². The fraction of sp³-hybridized carbons (Fsp3) is 0.250. The van der Waals surface area contributed by atoms with Crippen LogP contribution in [0, 0.1) is 0 Å². The molecule has 2 heterocycles. The number of hydrogen-bond acceptors (Lipinski definition) is 5. The fourth-order valence-corrected chi connectivity index (χ4v) is 1.96. The van der Waals surface area contributed by atoms with Gasteiger partial charge in [0.25, 0.3) is 0 Å². The van der Waals surface area contributed by atoms with E-state index in [1.54, 1.807) is 11.0 Å². The highest BCUT2D eigenvalue weighted by Crippen LogP contribution is 2.10. The lowest BCUT2D eigenvalue weighted by Gasteiger charge is -2.01. The molecule has 0 aliphatic rings. The molecule has 7 nitrogen and oxygen atoms in total. The highest BCUT2D eigenvalue weighted by molar-refractivity contribution is 6.30. The van der Waals surface area contributed by atoms with E-state index in [0.29, 0.717) is 6.54 Å². The molecule has 0 aliphatic carbocycles. The maximum atomic E-state index is 5.85. The van der Waals surface area contributed by atoms with Crippen molar-refractivity contribution in [1.29, 1.82) is 0 Å². The van der Waals surface area contributed by atoms with E-state index < -0.39 is 0 Å². The number of aryl methyl sites for hydroxylation is 2. The van der Waals surface area contributed by atoms with Crippen LogP contribution in [0.1, 0.15) is 11.3 Å². The minimum absolute atomic E-state index is 0.522. The third kappa shape index (κ3) is 3.18. The van der Waals surface area contributed by atoms with Crippen LogP contribution in [-0.2, 0) is 19.5 Å². The topological polar surface area (TPSA) is 74.3 Å². The molecule has 8 heteroatoms. The predicted octanol–water partition coefficient (Wildman–Crippen LogP) is 1.21. The van der Waals surface area contributed by atoms with E-state index in [2.05, 4.69) is 25.8 Å². The molecule has 20 heavy (non-hydrogen) atoms. The Morgan fingerprint density at radius 2 is 1.90 bits per heavy atom. The summed E-state index contributed by atoms with van der Waals surface area (Å²) >= 11 is 5.85. The quantitative estimate of drug-likeness (QED) is 0.706. The summed E-state index contributed by atoms with van der Waals surface area (Å²) in [5.41, 5.74) is 2.04. The Morgan fingerprint density at radius 3 is 2.65 bits per heavy atom. The van der Waals surface area contributed by atoms with E-state index in [4.69, 9.17) is 11.6 Å². The average Bonchev–Trinajstić information content (AvgIpc) is 3.11. The van der Waals surface area contributed by atoms with Crippen molar-refractivity contribution in [1.82, 2.24) is 35.2 Å². The van der Waals surface area contributed by atoms with Gasteiger partial charge in [0, 0.05) is 11.6 Å². The lowest BCUT2D eigenvalue weighted by molar-refractivity contribution is 0.588. The lowest BCUT2D eigenvalue weighted by atomic mass is 10.1. The summed E-state index contributed by atoms with van der Waals surface area (Å²) in [6, 6.07) is 7.81. The fourth-order valence-electron chi connectivity index (χ4n) is 1.83. The maximum Gasteiger partial charge on any atom is 0.138 e. The third-order valence-corrected chi connectivity index (χ3v) is 3.10. The molecule has 0 unspecified atom stereocenters. The Kier molecular flexibility index (Phi) is 3.69. The van der Waals surface area contributed by atoms with Gasteiger partial charge in [-0.25, -0.2) is 4.68 Å². The number of aromatic nitrogens is 7. The molecule has 2 aromatic heterocycles. The molecule has 0 N–H and O–H groups in total. The Labute approximate surface area is 120 Å². The zero-order valence-corrected chi connectivity index (χ0v) is 11.3. The van der Waals surface area contributed by atoms with E-state index >= 15 is 0 Å². The van der Waals surface area contributed by atoms with Crippen LogP contribution in [0.3, 0.4) is 0 Å². The molecule has 0 spiro atoms. The monoisotopic (exact) mass is 289 g/mol. The van der Waals surface area contributed by atoms with Gasteiger partial charge in [0.15, 0.2) is 0 Å². The first-order valence-electron chi connectivity index (χ1n) is 6.14. The summed E-state index contributed by atoms with van der Waals surface area (Å²) in [6.45, 7) is 1.29. The van der Waals surface area contributed by atoms with Crippen molar-refractivity contribution in [2.75, 3.05) is 0 Å². The first kappa shape index (κ1) is 12.7. The first-order valence-corrected chi connectivity index (χ1v) is 6.51. The van der Waals surface area contributed by atoms with Gasteiger partial charge in [-0.15, -0.1) is 10.2 Å². The number of hydrogen-bond donors (Lipinski definition) is 0. The van der Waals surface area contributed by atoms with Crippen LogP contribution in [0.15, 0.2) is 36.8 Å². The van der Waals surface area contributed by atoms with Crippen LogP contribution in [0.4, 0.5) is 0 Å². The number of halogens is 1. The first-order chi connectivity index (χ1) is 9.79. The van der Waals surface area contributed by atoms with Gasteiger partial charge >= 0.3 is 0 Å². The van der Waals surface area contributed by atoms with Gasteiger partial charge in [0.1, 0.15) is 12.0 Å². The molecule has 0 radical (unpaired) electrons. The van der Waals surface area contributed by atoms with Crippen molar-refractivity contribution >= 4 is 11.6 Å². The Bertz CT molecular complexity index is 659. The van der Waals surface area contributed by atoms with Crippen molar-refractivity contribution in [2.45, 2.75) is 19.5 Å². The molecule has 0 atom stereocenters. The van der Waals surface area contributed by atoms with E-state index in [1.165, 1.54) is 5.56 Å². The molecule has 0 fully saturated rings. The molecule has 3 rings (SSSR count). The van der Waals surface area contributed by atoms with Gasteiger partial charge in [-0.3, -0.25) is 4.68 Å². The van der Waals surface area contributed by atoms with E-state index in [9.17, 15) is 0 Å². The smallest absolute Gasteiger partial charge is 0.138 e. The highest BCUT2D eigenvalue weighted by atomic mass is 35.5. The van der Waals surface area contributed by atoms with Gasteiger partial charge in [-0.05, 0) is 34.5 Å². The summed E-state index contributed by atoms with van der Waals surface area (Å²) in [5.74, 6) is 0. The molecule has 1 aromatic carbocycles. The number of rotatable bonds is 5. The summed E-state index contributed by atoms with van der Waals surface area (Å²) in [6.07, 6.45) is 4.33. The Balaban J connectivity index is 1.58. The second-order valence-corrected chi connectivity index (χ2v) is 4.79. The zero-order valence-electron chi connectivity index (χ0n) is 10.6. The van der Waals surface area contributed by atoms with Crippen LogP contribution in [0.25, 0.3) is 0 Å². The molecule has 0 aliphatic heterocycles. The molecule has 3 aromatic rings. The standard InChI is InChI=1S/C12H12ClN7/c13-11-3-1-10(2-4-11)5-6-19-7-12(15-17-19)8-20-9-14-16-18-20/h1-4,7,9H,5-6,8H2. The van der Waals surface area contributed by atoms with Crippen molar-refractivity contribution in [2.24, 2.45) is 0 Å². The summed E-state index contributed by atoms with van der Waals surface area (Å²) in [7, 11) is 0. The maximum absolute atomic E-state index is 5.85. The van der Waals surface area contributed by atoms with Gasteiger partial charge in [-0.1, -0.05) is 28.9 Å². The van der Waals surface area contributed by atoms with E-state index in [-0.39, 0.29) is 0 Å². The van der Waals surface area contributed by atoms with E-state index in [0.717, 1.165) is 23.7 Å². The van der Waals surface area contributed by atoms with Gasteiger partial charge in [0.2, 0.25) is 0 Å². The zero-order chi connectivity index (χ0) is 13.8. The number of nitrogens with zero attached hydrogens (tertiary/aromatic N) is 7. The molecule has 0 bridgehead atoms. The Morgan fingerprint density at radius 1 is 1.05 bits per heavy atom. The van der Waals surface area contributed by atoms with Crippen LogP contribution in [0.2, 0.25) is 5.02 Å². The van der Waals surface area contributed by atoms with Crippen molar-refractivity contribution in [3.63, 3.8) is 0 Å².